The smallest absolute Gasteiger partial charge is 0.191 e. The van der Waals surface area contributed by atoms with E-state index in [0.717, 1.165) is 57.6 Å². The largest absolute Gasteiger partial charge is 0.357 e. The van der Waals surface area contributed by atoms with E-state index in [1.54, 1.807) is 0 Å². The van der Waals surface area contributed by atoms with Crippen LogP contribution < -0.4 is 15.5 Å². The number of likely N-dealkylation sites (N-methyl/N-ethyl adjacent to an activating group) is 1. The van der Waals surface area contributed by atoms with Crippen LogP contribution in [0.25, 0.3) is 0 Å². The number of aliphatic imine (C=N–C) groups is 1. The summed E-state index contributed by atoms with van der Waals surface area (Å²) in [6.07, 6.45) is 1.91. The highest BCUT2D eigenvalue weighted by Crippen LogP contribution is 2.22. The molecule has 8 heteroatoms. The van der Waals surface area contributed by atoms with Gasteiger partial charge >= 0.3 is 0 Å². The van der Waals surface area contributed by atoms with Crippen LogP contribution in [-0.4, -0.2) is 66.9 Å². The SMILES string of the molecule is CCNC(=NCc1ccnc(N2CCN(CC)CC2)c1)NCC(C)Sc1ccccc1.I. The summed E-state index contributed by atoms with van der Waals surface area (Å²) in [6, 6.07) is 14.8. The zero-order valence-electron chi connectivity index (χ0n) is 19.5. The highest BCUT2D eigenvalue weighted by atomic mass is 127. The molecule has 3 rings (SSSR count). The Kier molecular flexibility index (Phi) is 12.2. The molecular weight excluding hydrogens is 531 g/mol. The summed E-state index contributed by atoms with van der Waals surface area (Å²) in [5.41, 5.74) is 1.19. The third kappa shape index (κ3) is 8.78. The molecule has 1 atom stereocenters. The number of rotatable bonds is 9. The van der Waals surface area contributed by atoms with Crippen LogP contribution in [-0.2, 0) is 6.54 Å². The first-order chi connectivity index (χ1) is 15.2. The number of guanidine groups is 1. The number of piperazine rings is 1. The Labute approximate surface area is 214 Å². The summed E-state index contributed by atoms with van der Waals surface area (Å²) in [5.74, 6) is 1.92. The fourth-order valence-electron chi connectivity index (χ4n) is 3.55. The average molecular weight is 569 g/mol. The molecular formula is C24H37IN6S. The van der Waals surface area contributed by atoms with Gasteiger partial charge in [0.1, 0.15) is 5.82 Å². The number of benzene rings is 1. The molecule has 1 unspecified atom stereocenters. The number of hydrogen-bond donors (Lipinski definition) is 2. The summed E-state index contributed by atoms with van der Waals surface area (Å²) >= 11 is 1.88. The number of hydrogen-bond acceptors (Lipinski definition) is 5. The molecule has 0 aliphatic carbocycles. The third-order valence-electron chi connectivity index (χ3n) is 5.35. The van der Waals surface area contributed by atoms with Crippen molar-refractivity contribution in [3.63, 3.8) is 0 Å². The molecule has 0 bridgehead atoms. The second kappa shape index (κ2) is 14.6. The molecule has 32 heavy (non-hydrogen) atoms. The Bertz CT molecular complexity index is 811. The van der Waals surface area contributed by atoms with E-state index >= 15 is 0 Å². The van der Waals surface area contributed by atoms with Crippen molar-refractivity contribution in [2.24, 2.45) is 4.99 Å². The van der Waals surface area contributed by atoms with Gasteiger partial charge < -0.3 is 20.4 Å². The van der Waals surface area contributed by atoms with E-state index in [9.17, 15) is 0 Å². The molecule has 1 aliphatic rings. The lowest BCUT2D eigenvalue weighted by Gasteiger charge is -2.34. The second-order valence-corrected chi connectivity index (χ2v) is 9.27. The van der Waals surface area contributed by atoms with Gasteiger partial charge in [-0.2, -0.15) is 0 Å². The van der Waals surface area contributed by atoms with E-state index in [1.807, 2.05) is 18.0 Å². The van der Waals surface area contributed by atoms with Crippen LogP contribution in [0.4, 0.5) is 5.82 Å². The van der Waals surface area contributed by atoms with Crippen LogP contribution in [0, 0.1) is 0 Å². The van der Waals surface area contributed by atoms with E-state index in [0.29, 0.717) is 11.8 Å². The summed E-state index contributed by atoms with van der Waals surface area (Å²) in [5, 5.41) is 7.29. The molecule has 0 spiro atoms. The molecule has 0 amide bonds. The van der Waals surface area contributed by atoms with Crippen LogP contribution >= 0.6 is 35.7 Å². The van der Waals surface area contributed by atoms with Crippen LogP contribution in [0.1, 0.15) is 26.3 Å². The topological polar surface area (TPSA) is 55.8 Å². The fourth-order valence-corrected chi connectivity index (χ4v) is 4.50. The van der Waals surface area contributed by atoms with Gasteiger partial charge in [0.15, 0.2) is 5.96 Å². The van der Waals surface area contributed by atoms with Crippen molar-refractivity contribution in [1.82, 2.24) is 20.5 Å². The maximum Gasteiger partial charge on any atom is 0.191 e. The van der Waals surface area contributed by atoms with E-state index < -0.39 is 0 Å². The van der Waals surface area contributed by atoms with Crippen molar-refractivity contribution in [3.05, 3.63) is 54.2 Å². The summed E-state index contributed by atoms with van der Waals surface area (Å²) < 4.78 is 0. The molecule has 1 aliphatic heterocycles. The van der Waals surface area contributed by atoms with Gasteiger partial charge in [-0.15, -0.1) is 35.7 Å². The normalized spacial score (nSPS) is 15.7. The van der Waals surface area contributed by atoms with Crippen LogP contribution in [0.15, 0.2) is 58.5 Å². The van der Waals surface area contributed by atoms with Gasteiger partial charge in [0.2, 0.25) is 0 Å². The number of nitrogens with one attached hydrogen (secondary N) is 2. The molecule has 2 heterocycles. The molecule has 2 N–H and O–H groups in total. The van der Waals surface area contributed by atoms with Gasteiger partial charge in [-0.1, -0.05) is 32.0 Å². The zero-order valence-corrected chi connectivity index (χ0v) is 22.6. The van der Waals surface area contributed by atoms with Gasteiger partial charge in [-0.3, -0.25) is 0 Å². The van der Waals surface area contributed by atoms with Gasteiger partial charge in [-0.25, -0.2) is 9.98 Å². The van der Waals surface area contributed by atoms with Crippen molar-refractivity contribution < 1.29 is 0 Å². The van der Waals surface area contributed by atoms with Crippen molar-refractivity contribution >= 4 is 47.5 Å². The van der Waals surface area contributed by atoms with Gasteiger partial charge in [-0.05, 0) is 43.3 Å². The number of thioether (sulfide) groups is 1. The molecule has 1 aromatic heterocycles. The molecule has 1 aromatic carbocycles. The highest BCUT2D eigenvalue weighted by molar-refractivity contribution is 14.0. The molecule has 1 saturated heterocycles. The van der Waals surface area contributed by atoms with E-state index in [4.69, 9.17) is 4.99 Å². The highest BCUT2D eigenvalue weighted by Gasteiger charge is 2.16. The van der Waals surface area contributed by atoms with Gasteiger partial charge in [0.05, 0.1) is 6.54 Å². The Balaban J connectivity index is 0.00000363. The standard InChI is InChI=1S/C24H36N6S.HI/c1-4-25-24(27-18-20(3)31-22-9-7-6-8-10-22)28-19-21-11-12-26-23(17-21)30-15-13-29(5-2)14-16-30;/h6-12,17,20H,4-5,13-16,18-19H2,1-3H3,(H2,25,27,28);1H. The maximum absolute atomic E-state index is 4.80. The van der Waals surface area contributed by atoms with Crippen molar-refractivity contribution in [2.45, 2.75) is 37.5 Å². The zero-order chi connectivity index (χ0) is 21.9. The average Bonchev–Trinajstić information content (AvgIpc) is 2.82. The van der Waals surface area contributed by atoms with Crippen LogP contribution in [0.2, 0.25) is 0 Å². The van der Waals surface area contributed by atoms with Crippen molar-refractivity contribution in [2.75, 3.05) is 50.7 Å². The number of pyridine rings is 1. The van der Waals surface area contributed by atoms with Gasteiger partial charge in [0, 0.05) is 55.6 Å². The van der Waals surface area contributed by atoms with Crippen molar-refractivity contribution in [1.29, 1.82) is 0 Å². The molecule has 176 valence electrons. The fraction of sp³-hybridized carbons (Fsp3) is 0.500. The first-order valence-corrected chi connectivity index (χ1v) is 12.2. The van der Waals surface area contributed by atoms with Crippen LogP contribution in [0.5, 0.6) is 0 Å². The summed E-state index contributed by atoms with van der Waals surface area (Å²) in [7, 11) is 0. The maximum atomic E-state index is 4.80. The monoisotopic (exact) mass is 568 g/mol. The minimum absolute atomic E-state index is 0. The minimum atomic E-state index is 0. The van der Waals surface area contributed by atoms with E-state index in [1.165, 1.54) is 10.5 Å². The predicted octanol–water partition coefficient (Wildman–Crippen LogP) is 4.08. The molecule has 0 saturated carbocycles. The number of aromatic nitrogens is 1. The predicted molar refractivity (Wildman–Crippen MR) is 149 cm³/mol. The van der Waals surface area contributed by atoms with Gasteiger partial charge in [0.25, 0.3) is 0 Å². The van der Waals surface area contributed by atoms with Crippen LogP contribution in [0.3, 0.4) is 0 Å². The quantitative estimate of drug-likeness (QED) is 0.206. The van der Waals surface area contributed by atoms with Crippen molar-refractivity contribution in [3.8, 4) is 0 Å². The first kappa shape index (κ1) is 26.7. The van der Waals surface area contributed by atoms with E-state index in [-0.39, 0.29) is 24.0 Å². The second-order valence-electron chi connectivity index (χ2n) is 7.76. The van der Waals surface area contributed by atoms with E-state index in [2.05, 4.69) is 88.7 Å². The lowest BCUT2D eigenvalue weighted by molar-refractivity contribution is 0.270. The summed E-state index contributed by atoms with van der Waals surface area (Å²) in [6.45, 7) is 14.3. The Morgan fingerprint density at radius 1 is 1.09 bits per heavy atom. The first-order valence-electron chi connectivity index (χ1n) is 11.3. The molecule has 2 aromatic rings. The Hall–Kier alpha value is -1.52. The Morgan fingerprint density at radius 3 is 2.53 bits per heavy atom. The number of anilines is 1. The Morgan fingerprint density at radius 2 is 1.84 bits per heavy atom. The number of nitrogens with zero attached hydrogens (tertiary/aromatic N) is 4. The third-order valence-corrected chi connectivity index (χ3v) is 6.47. The number of halogens is 1. The minimum Gasteiger partial charge on any atom is -0.357 e. The lowest BCUT2D eigenvalue weighted by atomic mass is 10.2. The molecule has 0 radical (unpaired) electrons. The lowest BCUT2D eigenvalue weighted by Crippen LogP contribution is -2.46. The molecule has 6 nitrogen and oxygen atoms in total. The summed E-state index contributed by atoms with van der Waals surface area (Å²) in [4.78, 5) is 15.6. The molecule has 1 fully saturated rings.